The molecule has 0 saturated carbocycles. The molecule has 9 nitrogen and oxygen atoms in total. The van der Waals surface area contributed by atoms with Gasteiger partial charge in [-0.3, -0.25) is 14.4 Å². The number of aliphatic hydroxyl groups is 1. The number of likely N-dealkylation sites (tertiary alicyclic amines) is 1. The monoisotopic (exact) mass is 642 g/mol. The van der Waals surface area contributed by atoms with Crippen LogP contribution in [0, 0.1) is 6.92 Å². The standard InChI is InChI=1S/C33H37ClF2N4O5/c1-21-8-7-11-25(34)30(21)45-19-28(41)38-26(16-22-9-5-4-6-10-22)29(42)32(44)40-20-33(35,36)17-27(40)31(43)37-18-23-12-14-24(15-13-23)39(2)3/h4-15,26-27,29,42H,16-20H2,1-3H3,(H,37,43)(H,38,41). The highest BCUT2D eigenvalue weighted by molar-refractivity contribution is 6.32. The predicted molar refractivity (Wildman–Crippen MR) is 167 cm³/mol. The van der Waals surface area contributed by atoms with Crippen molar-refractivity contribution in [3.05, 3.63) is 94.5 Å². The van der Waals surface area contributed by atoms with Crippen LogP contribution >= 0.6 is 11.6 Å². The molecule has 1 aliphatic rings. The normalized spacial score (nSPS) is 16.9. The maximum Gasteiger partial charge on any atom is 0.267 e. The summed E-state index contributed by atoms with van der Waals surface area (Å²) < 4.78 is 34.9. The van der Waals surface area contributed by atoms with Gasteiger partial charge in [-0.05, 0) is 48.2 Å². The third-order valence-corrected chi connectivity index (χ3v) is 7.86. The molecule has 1 saturated heterocycles. The molecule has 4 rings (SSSR count). The Labute approximate surface area is 266 Å². The molecule has 3 aromatic carbocycles. The second-order valence-corrected chi connectivity index (χ2v) is 11.7. The van der Waals surface area contributed by atoms with Gasteiger partial charge in [0.2, 0.25) is 5.91 Å². The molecule has 1 aliphatic heterocycles. The minimum absolute atomic E-state index is 0.00858. The first-order valence-electron chi connectivity index (χ1n) is 14.5. The van der Waals surface area contributed by atoms with E-state index >= 15 is 0 Å². The van der Waals surface area contributed by atoms with Crippen molar-refractivity contribution in [2.45, 2.75) is 50.4 Å². The second kappa shape index (κ2) is 14.7. The number of carbonyl (C=O) groups is 3. The van der Waals surface area contributed by atoms with E-state index in [2.05, 4.69) is 10.6 Å². The van der Waals surface area contributed by atoms with Crippen LogP contribution < -0.4 is 20.3 Å². The number of aryl methyl sites for hydroxylation is 1. The van der Waals surface area contributed by atoms with Crippen LogP contribution in [-0.2, 0) is 27.3 Å². The molecular formula is C33H37ClF2N4O5. The Bertz CT molecular complexity index is 1470. The summed E-state index contributed by atoms with van der Waals surface area (Å²) in [5, 5.41) is 16.8. The van der Waals surface area contributed by atoms with Crippen molar-refractivity contribution in [2.24, 2.45) is 0 Å². The molecule has 0 aliphatic carbocycles. The first-order valence-corrected chi connectivity index (χ1v) is 14.8. The quantitative estimate of drug-likeness (QED) is 0.278. The van der Waals surface area contributed by atoms with Gasteiger partial charge in [-0.1, -0.05) is 66.2 Å². The summed E-state index contributed by atoms with van der Waals surface area (Å²) in [5.74, 6) is -5.55. The molecule has 1 heterocycles. The molecule has 3 aromatic rings. The fourth-order valence-corrected chi connectivity index (χ4v) is 5.42. The summed E-state index contributed by atoms with van der Waals surface area (Å²) in [7, 11) is 3.78. The van der Waals surface area contributed by atoms with E-state index in [-0.39, 0.29) is 13.0 Å². The molecule has 3 amide bonds. The summed E-state index contributed by atoms with van der Waals surface area (Å²) in [6.45, 7) is 0.314. The van der Waals surface area contributed by atoms with Crippen LogP contribution in [0.25, 0.3) is 0 Å². The molecule has 12 heteroatoms. The van der Waals surface area contributed by atoms with Gasteiger partial charge in [-0.2, -0.15) is 0 Å². The Kier molecular flexibility index (Phi) is 11.0. The Hall–Kier alpha value is -4.22. The van der Waals surface area contributed by atoms with Crippen molar-refractivity contribution in [3.8, 4) is 5.75 Å². The third-order valence-electron chi connectivity index (χ3n) is 7.57. The number of nitrogens with zero attached hydrogens (tertiary/aromatic N) is 2. The Balaban J connectivity index is 1.47. The molecule has 3 atom stereocenters. The highest BCUT2D eigenvalue weighted by Crippen LogP contribution is 2.33. The van der Waals surface area contributed by atoms with Gasteiger partial charge >= 0.3 is 0 Å². The summed E-state index contributed by atoms with van der Waals surface area (Å²) in [6.07, 6.45) is -2.81. The number of alkyl halides is 2. The van der Waals surface area contributed by atoms with Gasteiger partial charge < -0.3 is 30.3 Å². The average Bonchev–Trinajstić information content (AvgIpc) is 3.34. The third kappa shape index (κ3) is 8.92. The smallest absolute Gasteiger partial charge is 0.267 e. The van der Waals surface area contributed by atoms with Crippen molar-refractivity contribution < 1.29 is 33.0 Å². The van der Waals surface area contributed by atoms with Crippen LogP contribution in [0.5, 0.6) is 5.75 Å². The lowest BCUT2D eigenvalue weighted by Crippen LogP contribution is -2.56. The maximum absolute atomic E-state index is 14.6. The summed E-state index contributed by atoms with van der Waals surface area (Å²) in [6, 6.07) is 18.5. The molecule has 0 bridgehead atoms. The van der Waals surface area contributed by atoms with E-state index in [0.717, 1.165) is 11.3 Å². The zero-order valence-electron chi connectivity index (χ0n) is 25.3. The van der Waals surface area contributed by atoms with Crippen molar-refractivity contribution in [3.63, 3.8) is 0 Å². The van der Waals surface area contributed by atoms with Gasteiger partial charge in [0, 0.05) is 32.7 Å². The molecule has 3 unspecified atom stereocenters. The van der Waals surface area contributed by atoms with E-state index < -0.39 is 61.4 Å². The SMILES string of the molecule is Cc1cccc(Cl)c1OCC(=O)NC(Cc1ccccc1)C(O)C(=O)N1CC(F)(F)CC1C(=O)NCc1ccc(N(C)C)cc1. The molecule has 0 spiro atoms. The number of hydrogen-bond acceptors (Lipinski definition) is 6. The number of rotatable bonds is 12. The molecule has 0 aromatic heterocycles. The number of benzene rings is 3. The van der Waals surface area contributed by atoms with E-state index in [1.54, 1.807) is 67.6 Å². The number of ether oxygens (including phenoxy) is 1. The van der Waals surface area contributed by atoms with Gasteiger partial charge in [0.05, 0.1) is 17.6 Å². The van der Waals surface area contributed by atoms with Gasteiger partial charge in [0.25, 0.3) is 17.7 Å². The Morgan fingerprint density at radius 1 is 1.04 bits per heavy atom. The highest BCUT2D eigenvalue weighted by atomic mass is 35.5. The van der Waals surface area contributed by atoms with Gasteiger partial charge in [0.15, 0.2) is 12.7 Å². The molecule has 0 radical (unpaired) electrons. The zero-order valence-corrected chi connectivity index (χ0v) is 26.1. The molecule has 240 valence electrons. The van der Waals surface area contributed by atoms with Crippen LogP contribution in [0.15, 0.2) is 72.8 Å². The van der Waals surface area contributed by atoms with Gasteiger partial charge in [-0.15, -0.1) is 0 Å². The largest absolute Gasteiger partial charge is 0.482 e. The number of hydrogen-bond donors (Lipinski definition) is 3. The minimum Gasteiger partial charge on any atom is -0.482 e. The molecular weight excluding hydrogens is 606 g/mol. The number of halogens is 3. The fourth-order valence-electron chi connectivity index (χ4n) is 5.14. The van der Waals surface area contributed by atoms with E-state index in [0.29, 0.717) is 26.8 Å². The van der Waals surface area contributed by atoms with Crippen LogP contribution in [0.4, 0.5) is 14.5 Å². The maximum atomic E-state index is 14.6. The summed E-state index contributed by atoms with van der Waals surface area (Å²) in [4.78, 5) is 42.2. The fraction of sp³-hybridized carbons (Fsp3) is 0.364. The molecule has 45 heavy (non-hydrogen) atoms. The van der Waals surface area contributed by atoms with Crippen LogP contribution in [0.3, 0.4) is 0 Å². The van der Waals surface area contributed by atoms with Gasteiger partial charge in [0.1, 0.15) is 11.8 Å². The molecule has 1 fully saturated rings. The molecule has 3 N–H and O–H groups in total. The zero-order chi connectivity index (χ0) is 32.7. The van der Waals surface area contributed by atoms with E-state index in [1.165, 1.54) is 0 Å². The van der Waals surface area contributed by atoms with E-state index in [4.69, 9.17) is 16.3 Å². The van der Waals surface area contributed by atoms with Crippen molar-refractivity contribution in [2.75, 3.05) is 32.1 Å². The van der Waals surface area contributed by atoms with Crippen molar-refractivity contribution >= 4 is 35.0 Å². The first kappa shape index (κ1) is 33.7. The van der Waals surface area contributed by atoms with E-state index in [1.807, 2.05) is 31.1 Å². The van der Waals surface area contributed by atoms with Crippen molar-refractivity contribution in [1.82, 2.24) is 15.5 Å². The Morgan fingerprint density at radius 3 is 2.38 bits per heavy atom. The average molecular weight is 643 g/mol. The topological polar surface area (TPSA) is 111 Å². The van der Waals surface area contributed by atoms with Crippen LogP contribution in [-0.4, -0.2) is 79.1 Å². The highest BCUT2D eigenvalue weighted by Gasteiger charge is 2.51. The number of anilines is 1. The number of aliphatic hydroxyl groups excluding tert-OH is 1. The number of para-hydroxylation sites is 1. The number of nitrogens with one attached hydrogen (secondary N) is 2. The van der Waals surface area contributed by atoms with E-state index in [9.17, 15) is 28.3 Å². The minimum atomic E-state index is -3.34. The lowest BCUT2D eigenvalue weighted by Gasteiger charge is -2.30. The Morgan fingerprint density at radius 2 is 1.73 bits per heavy atom. The lowest BCUT2D eigenvalue weighted by molar-refractivity contribution is -0.147. The number of amides is 3. The van der Waals surface area contributed by atoms with Gasteiger partial charge in [-0.25, -0.2) is 8.78 Å². The lowest BCUT2D eigenvalue weighted by atomic mass is 9.99. The summed E-state index contributed by atoms with van der Waals surface area (Å²) in [5.41, 5.74) is 3.08. The predicted octanol–water partition coefficient (Wildman–Crippen LogP) is 3.73. The van der Waals surface area contributed by atoms with Crippen LogP contribution in [0.2, 0.25) is 5.02 Å². The summed E-state index contributed by atoms with van der Waals surface area (Å²) >= 11 is 6.19. The van der Waals surface area contributed by atoms with Crippen LogP contribution in [0.1, 0.15) is 23.1 Å². The first-order chi connectivity index (χ1) is 21.3. The number of carbonyl (C=O) groups excluding carboxylic acids is 3. The second-order valence-electron chi connectivity index (χ2n) is 11.3. The van der Waals surface area contributed by atoms with Crippen molar-refractivity contribution in [1.29, 1.82) is 0 Å².